The molecule has 0 heterocycles. The molecule has 4 bridgehead atoms. The fourth-order valence-electron chi connectivity index (χ4n) is 7.30. The third kappa shape index (κ3) is 5.09. The maximum absolute atomic E-state index is 11.5. The van der Waals surface area contributed by atoms with Crippen LogP contribution in [-0.4, -0.2) is 31.3 Å². The van der Waals surface area contributed by atoms with Crippen LogP contribution in [0.5, 0.6) is 5.75 Å². The minimum absolute atomic E-state index is 0.166. The lowest BCUT2D eigenvalue weighted by Gasteiger charge is -2.57. The van der Waals surface area contributed by atoms with E-state index in [9.17, 15) is 9.90 Å². The zero-order valence-electron chi connectivity index (χ0n) is 21.7. The first kappa shape index (κ1) is 25.0. The highest BCUT2D eigenvalue weighted by Crippen LogP contribution is 2.62. The first-order valence-corrected chi connectivity index (χ1v) is 13.3. The van der Waals surface area contributed by atoms with Crippen molar-refractivity contribution in [2.45, 2.75) is 70.5 Å². The van der Waals surface area contributed by atoms with Crippen LogP contribution in [-0.2, 0) is 21.3 Å². The molecular weight excluding hydrogens is 452 g/mol. The van der Waals surface area contributed by atoms with E-state index in [1.54, 1.807) is 13.2 Å². The van der Waals surface area contributed by atoms with Gasteiger partial charge in [-0.05, 0) is 110 Å². The molecule has 0 aliphatic heterocycles. The predicted molar refractivity (Wildman–Crippen MR) is 141 cm³/mol. The number of aromatic carboxylic acids is 1. The number of carboxylic acids is 1. The van der Waals surface area contributed by atoms with Gasteiger partial charge in [-0.2, -0.15) is 0 Å². The van der Waals surface area contributed by atoms with Gasteiger partial charge in [-0.1, -0.05) is 37.3 Å². The molecule has 2 aromatic rings. The van der Waals surface area contributed by atoms with Crippen molar-refractivity contribution < 1.29 is 24.1 Å². The minimum atomic E-state index is -0.873. The maximum Gasteiger partial charge on any atom is 0.335 e. The average molecular weight is 491 g/mol. The second-order valence-electron chi connectivity index (χ2n) is 11.1. The lowest BCUT2D eigenvalue weighted by Crippen LogP contribution is -2.48. The summed E-state index contributed by atoms with van der Waals surface area (Å²) in [4.78, 5) is 11.5. The van der Waals surface area contributed by atoms with Crippen LogP contribution in [0, 0.1) is 17.8 Å². The van der Waals surface area contributed by atoms with Gasteiger partial charge in [0.05, 0.1) is 5.56 Å². The Balaban J connectivity index is 1.44. The monoisotopic (exact) mass is 490 g/mol. The van der Waals surface area contributed by atoms with Crippen molar-refractivity contribution in [2.75, 3.05) is 13.9 Å². The van der Waals surface area contributed by atoms with Crippen LogP contribution < -0.4 is 4.74 Å². The second kappa shape index (κ2) is 10.4. The van der Waals surface area contributed by atoms with Crippen molar-refractivity contribution in [3.8, 4) is 5.75 Å². The summed E-state index contributed by atoms with van der Waals surface area (Å²) in [7, 11) is 1.63. The molecule has 1 N–H and O–H groups in total. The number of rotatable bonds is 10. The molecule has 1 atom stereocenters. The van der Waals surface area contributed by atoms with Crippen LogP contribution in [0.2, 0.25) is 0 Å². The Morgan fingerprint density at radius 3 is 2.22 bits per heavy atom. The zero-order chi connectivity index (χ0) is 25.3. The van der Waals surface area contributed by atoms with Gasteiger partial charge < -0.3 is 19.3 Å². The van der Waals surface area contributed by atoms with Crippen molar-refractivity contribution in [3.63, 3.8) is 0 Å². The molecule has 0 saturated heterocycles. The van der Waals surface area contributed by atoms with Gasteiger partial charge in [0.15, 0.2) is 13.1 Å². The van der Waals surface area contributed by atoms with Gasteiger partial charge in [0, 0.05) is 12.7 Å². The molecule has 192 valence electrons. The van der Waals surface area contributed by atoms with E-state index < -0.39 is 5.97 Å². The number of aryl methyl sites for hydroxylation is 1. The molecule has 4 fully saturated rings. The lowest BCUT2D eigenvalue weighted by atomic mass is 9.48. The van der Waals surface area contributed by atoms with Crippen molar-refractivity contribution in [2.24, 2.45) is 17.8 Å². The van der Waals surface area contributed by atoms with E-state index in [-0.39, 0.29) is 18.5 Å². The number of carboxylic acid groups (broad SMARTS) is 1. The fraction of sp³-hybridized carbons (Fsp3) is 0.516. The van der Waals surface area contributed by atoms with Gasteiger partial charge in [-0.3, -0.25) is 0 Å². The summed E-state index contributed by atoms with van der Waals surface area (Å²) in [6, 6.07) is 12.1. The average Bonchev–Trinajstić information content (AvgIpc) is 2.86. The van der Waals surface area contributed by atoms with Gasteiger partial charge in [0.25, 0.3) is 0 Å². The third-order valence-electron chi connectivity index (χ3n) is 8.67. The normalized spacial score (nSPS) is 27.5. The number of methoxy groups -OCH3 is 1. The molecule has 0 radical (unpaired) electrons. The van der Waals surface area contributed by atoms with Gasteiger partial charge >= 0.3 is 5.97 Å². The smallest absolute Gasteiger partial charge is 0.335 e. The minimum Gasteiger partial charge on any atom is -0.478 e. The Kier molecular flexibility index (Phi) is 7.23. The molecule has 36 heavy (non-hydrogen) atoms. The summed E-state index contributed by atoms with van der Waals surface area (Å²) in [5.41, 5.74) is 4.90. The predicted octanol–water partition coefficient (Wildman–Crippen LogP) is 6.93. The molecule has 4 aliphatic rings. The molecule has 5 heteroatoms. The molecule has 1 unspecified atom stereocenters. The summed E-state index contributed by atoms with van der Waals surface area (Å²) < 4.78 is 17.1. The first-order valence-electron chi connectivity index (χ1n) is 13.3. The Hall–Kier alpha value is -2.63. The molecule has 0 spiro atoms. The van der Waals surface area contributed by atoms with E-state index in [4.69, 9.17) is 14.2 Å². The number of benzene rings is 2. The van der Waals surface area contributed by atoms with Crippen LogP contribution in [0.25, 0.3) is 12.2 Å². The van der Waals surface area contributed by atoms with Crippen LogP contribution in [0.4, 0.5) is 0 Å². The van der Waals surface area contributed by atoms with Gasteiger partial charge in [-0.25, -0.2) is 4.79 Å². The van der Waals surface area contributed by atoms with Crippen molar-refractivity contribution in [1.82, 2.24) is 0 Å². The number of hydrogen-bond donors (Lipinski definition) is 1. The Morgan fingerprint density at radius 2 is 1.64 bits per heavy atom. The Morgan fingerprint density at radius 1 is 1.03 bits per heavy atom. The molecule has 0 amide bonds. The van der Waals surface area contributed by atoms with Crippen LogP contribution in [0.15, 0.2) is 36.4 Å². The molecule has 5 nitrogen and oxygen atoms in total. The maximum atomic E-state index is 11.5. The van der Waals surface area contributed by atoms with E-state index in [1.807, 2.05) is 26.0 Å². The highest BCUT2D eigenvalue weighted by atomic mass is 16.7. The highest BCUT2D eigenvalue weighted by Gasteiger charge is 2.52. The molecule has 6 rings (SSSR count). The molecule has 2 aromatic carbocycles. The van der Waals surface area contributed by atoms with Crippen molar-refractivity contribution in [3.05, 3.63) is 64.2 Å². The summed E-state index contributed by atoms with van der Waals surface area (Å²) in [5.74, 6) is 2.58. The van der Waals surface area contributed by atoms with E-state index in [2.05, 4.69) is 30.4 Å². The SMILES string of the molecule is CCc1cc(/C=C/c2ccc(OCOC(C)OC)c(C34CC5CC(CC(C5)C3)C4)c2)ccc1C(=O)O. The van der Waals surface area contributed by atoms with Crippen LogP contribution >= 0.6 is 0 Å². The first-order chi connectivity index (χ1) is 17.4. The number of ether oxygens (including phenoxy) is 3. The van der Waals surface area contributed by atoms with E-state index in [0.717, 1.165) is 40.2 Å². The summed E-state index contributed by atoms with van der Waals surface area (Å²) in [5, 5.41) is 9.43. The van der Waals surface area contributed by atoms with E-state index >= 15 is 0 Å². The lowest BCUT2D eigenvalue weighted by molar-refractivity contribution is -0.150. The van der Waals surface area contributed by atoms with Crippen molar-refractivity contribution >= 4 is 18.1 Å². The summed E-state index contributed by atoms with van der Waals surface area (Å²) in [6.07, 6.45) is 12.6. The van der Waals surface area contributed by atoms with Gasteiger partial charge in [0.2, 0.25) is 0 Å². The molecule has 0 aromatic heterocycles. The fourth-order valence-corrected chi connectivity index (χ4v) is 7.30. The van der Waals surface area contributed by atoms with E-state index in [1.165, 1.54) is 44.1 Å². The molecule has 4 aliphatic carbocycles. The van der Waals surface area contributed by atoms with Gasteiger partial charge in [-0.15, -0.1) is 0 Å². The Labute approximate surface area is 214 Å². The molecular formula is C31H38O5. The largest absolute Gasteiger partial charge is 0.478 e. The van der Waals surface area contributed by atoms with E-state index in [0.29, 0.717) is 12.0 Å². The number of hydrogen-bond acceptors (Lipinski definition) is 4. The van der Waals surface area contributed by atoms with Crippen molar-refractivity contribution in [1.29, 1.82) is 0 Å². The quantitative estimate of drug-likeness (QED) is 0.289. The second-order valence-corrected chi connectivity index (χ2v) is 11.1. The Bertz CT molecular complexity index is 1100. The molecule has 4 saturated carbocycles. The highest BCUT2D eigenvalue weighted by molar-refractivity contribution is 5.90. The summed E-state index contributed by atoms with van der Waals surface area (Å²) >= 11 is 0. The zero-order valence-corrected chi connectivity index (χ0v) is 21.7. The number of carbonyl (C=O) groups is 1. The third-order valence-corrected chi connectivity index (χ3v) is 8.67. The summed E-state index contributed by atoms with van der Waals surface area (Å²) in [6.45, 7) is 4.02. The topological polar surface area (TPSA) is 65.0 Å². The van der Waals surface area contributed by atoms with Crippen LogP contribution in [0.1, 0.15) is 85.0 Å². The van der Waals surface area contributed by atoms with Crippen LogP contribution in [0.3, 0.4) is 0 Å². The van der Waals surface area contributed by atoms with Gasteiger partial charge in [0.1, 0.15) is 5.75 Å². The standard InChI is InChI=1S/C31H38O5/c1-4-26-14-21(7-9-27(26)30(32)33)5-6-22-8-10-29(36-19-35-20(2)34-3)28(15-22)31-16-23-11-24(17-31)13-25(12-23)18-31/h5-10,14-15,20,23-25H,4,11-13,16-19H2,1-3H3,(H,32,33)/b6-5+.